The van der Waals surface area contributed by atoms with E-state index in [0.717, 1.165) is 29.7 Å². The molecule has 2 aliphatic rings. The number of amides is 1. The van der Waals surface area contributed by atoms with Crippen molar-refractivity contribution in [3.8, 4) is 0 Å². The smallest absolute Gasteiger partial charge is 0.259 e. The maximum absolute atomic E-state index is 13.4. The molecule has 0 radical (unpaired) electrons. The van der Waals surface area contributed by atoms with Gasteiger partial charge in [-0.3, -0.25) is 4.79 Å². The summed E-state index contributed by atoms with van der Waals surface area (Å²) in [6.07, 6.45) is 2.13. The van der Waals surface area contributed by atoms with E-state index in [2.05, 4.69) is 10.1 Å². The van der Waals surface area contributed by atoms with Crippen LogP contribution >= 0.6 is 0 Å². The van der Waals surface area contributed by atoms with Gasteiger partial charge in [0, 0.05) is 37.8 Å². The molecule has 0 bridgehead atoms. The number of hydrogen-bond acceptors (Lipinski definition) is 6. The Morgan fingerprint density at radius 3 is 2.44 bits per heavy atom. The van der Waals surface area contributed by atoms with E-state index >= 15 is 0 Å². The van der Waals surface area contributed by atoms with Crippen LogP contribution in [0, 0.1) is 20.8 Å². The van der Waals surface area contributed by atoms with Crippen LogP contribution in [-0.4, -0.2) is 59.8 Å². The topological polar surface area (TPSA) is 96.6 Å². The summed E-state index contributed by atoms with van der Waals surface area (Å²) in [6.45, 7) is 6.73. The van der Waals surface area contributed by atoms with Crippen molar-refractivity contribution in [3.63, 3.8) is 0 Å². The molecule has 8 nitrogen and oxygen atoms in total. The summed E-state index contributed by atoms with van der Waals surface area (Å²) in [7, 11) is -3.60. The van der Waals surface area contributed by atoms with Crippen molar-refractivity contribution in [3.05, 3.63) is 52.3 Å². The maximum atomic E-state index is 13.4. The van der Waals surface area contributed by atoms with E-state index in [0.29, 0.717) is 46.3 Å². The molecular weight excluding hydrogens is 428 g/mol. The lowest BCUT2D eigenvalue weighted by Crippen LogP contribution is -2.50. The molecule has 1 aliphatic heterocycles. The molecule has 2 aromatic heterocycles. The number of piperazine rings is 1. The van der Waals surface area contributed by atoms with E-state index < -0.39 is 10.0 Å². The van der Waals surface area contributed by atoms with Gasteiger partial charge in [-0.05, 0) is 51.3 Å². The second-order valence-electron chi connectivity index (χ2n) is 8.78. The molecule has 1 saturated carbocycles. The number of pyridine rings is 1. The number of hydrogen-bond donors (Lipinski definition) is 0. The average molecular weight is 455 g/mol. The summed E-state index contributed by atoms with van der Waals surface area (Å²) in [4.78, 5) is 20.0. The summed E-state index contributed by atoms with van der Waals surface area (Å²) in [6, 6.07) is 7.22. The van der Waals surface area contributed by atoms with Crippen molar-refractivity contribution < 1.29 is 17.7 Å². The molecule has 0 N–H and O–H groups in total. The molecule has 9 heteroatoms. The lowest BCUT2D eigenvalue weighted by molar-refractivity contribution is 0.0699. The van der Waals surface area contributed by atoms with Gasteiger partial charge < -0.3 is 9.42 Å². The molecule has 3 aromatic rings. The molecule has 0 spiro atoms. The first-order valence-corrected chi connectivity index (χ1v) is 12.3. The van der Waals surface area contributed by atoms with Crippen molar-refractivity contribution in [2.45, 2.75) is 44.4 Å². The second kappa shape index (κ2) is 7.67. The first-order valence-electron chi connectivity index (χ1n) is 10.9. The van der Waals surface area contributed by atoms with E-state index in [-0.39, 0.29) is 19.0 Å². The molecule has 1 aromatic carbocycles. The van der Waals surface area contributed by atoms with Crippen LogP contribution in [0.25, 0.3) is 11.1 Å². The van der Waals surface area contributed by atoms with Crippen LogP contribution in [0.4, 0.5) is 0 Å². The van der Waals surface area contributed by atoms with Gasteiger partial charge in [0.25, 0.3) is 11.6 Å². The largest absolute Gasteiger partial charge is 0.336 e. The molecule has 2 fully saturated rings. The Morgan fingerprint density at radius 2 is 1.78 bits per heavy atom. The fraction of sp³-hybridized carbons (Fsp3) is 0.435. The molecule has 1 amide bonds. The van der Waals surface area contributed by atoms with Crippen molar-refractivity contribution in [2.75, 3.05) is 26.2 Å². The summed E-state index contributed by atoms with van der Waals surface area (Å²) >= 11 is 0. The minimum absolute atomic E-state index is 0.130. The van der Waals surface area contributed by atoms with Gasteiger partial charge in [-0.25, -0.2) is 13.4 Å². The minimum atomic E-state index is -3.60. The van der Waals surface area contributed by atoms with Crippen LogP contribution < -0.4 is 0 Å². The number of carbonyl (C=O) groups is 1. The van der Waals surface area contributed by atoms with Gasteiger partial charge in [0.15, 0.2) is 0 Å². The van der Waals surface area contributed by atoms with E-state index in [1.807, 2.05) is 32.0 Å². The van der Waals surface area contributed by atoms with Crippen LogP contribution in [0.5, 0.6) is 0 Å². The predicted octanol–water partition coefficient (Wildman–Crippen LogP) is 3.17. The SMILES string of the molecule is Cc1ccc(S(=O)(=O)N2CCN(C(=O)c3cc(C4CC4)nc4onc(C)c34)CC2)c(C)c1. The van der Waals surface area contributed by atoms with Crippen molar-refractivity contribution >= 4 is 27.0 Å². The number of aryl methyl sites for hydroxylation is 3. The molecule has 5 rings (SSSR count). The maximum Gasteiger partial charge on any atom is 0.259 e. The molecule has 0 unspecified atom stereocenters. The van der Waals surface area contributed by atoms with E-state index in [4.69, 9.17) is 4.52 Å². The van der Waals surface area contributed by atoms with E-state index in [1.165, 1.54) is 4.31 Å². The normalized spacial score (nSPS) is 17.8. The van der Waals surface area contributed by atoms with Gasteiger partial charge in [0.2, 0.25) is 10.0 Å². The third-order valence-electron chi connectivity index (χ3n) is 6.34. The van der Waals surface area contributed by atoms with Crippen LogP contribution in [0.15, 0.2) is 33.7 Å². The Labute approximate surface area is 187 Å². The Hall–Kier alpha value is -2.78. The highest BCUT2D eigenvalue weighted by Crippen LogP contribution is 2.40. The first kappa shape index (κ1) is 21.1. The number of carbonyl (C=O) groups excluding carboxylic acids is 1. The predicted molar refractivity (Wildman–Crippen MR) is 119 cm³/mol. The standard InChI is InChI=1S/C23H26N4O4S/c1-14-4-7-20(15(2)12-14)32(29,30)27-10-8-26(9-11-27)23(28)18-13-19(17-5-6-17)24-22-21(18)16(3)25-31-22/h4,7,12-13,17H,5-6,8-11H2,1-3H3. The summed E-state index contributed by atoms with van der Waals surface area (Å²) in [5.74, 6) is 0.241. The highest BCUT2D eigenvalue weighted by atomic mass is 32.2. The monoisotopic (exact) mass is 454 g/mol. The van der Waals surface area contributed by atoms with Gasteiger partial charge in [-0.15, -0.1) is 0 Å². The highest BCUT2D eigenvalue weighted by Gasteiger charge is 2.34. The van der Waals surface area contributed by atoms with Gasteiger partial charge in [0.1, 0.15) is 0 Å². The Balaban J connectivity index is 1.38. The zero-order valence-corrected chi connectivity index (χ0v) is 19.3. The number of aromatic nitrogens is 2. The summed E-state index contributed by atoms with van der Waals surface area (Å²) in [5.41, 5.74) is 4.20. The molecule has 168 valence electrons. The number of sulfonamides is 1. The third-order valence-corrected chi connectivity index (χ3v) is 8.40. The first-order chi connectivity index (χ1) is 15.3. The summed E-state index contributed by atoms with van der Waals surface area (Å²) < 4.78 is 33.2. The molecular formula is C23H26N4O4S. The van der Waals surface area contributed by atoms with Crippen molar-refractivity contribution in [2.24, 2.45) is 0 Å². The van der Waals surface area contributed by atoms with E-state index in [9.17, 15) is 13.2 Å². The Morgan fingerprint density at radius 1 is 1.06 bits per heavy atom. The van der Waals surface area contributed by atoms with Crippen molar-refractivity contribution in [1.82, 2.24) is 19.3 Å². The van der Waals surface area contributed by atoms with Crippen LogP contribution in [0.3, 0.4) is 0 Å². The van der Waals surface area contributed by atoms with Crippen LogP contribution in [-0.2, 0) is 10.0 Å². The fourth-order valence-corrected chi connectivity index (χ4v) is 6.03. The molecule has 32 heavy (non-hydrogen) atoms. The zero-order chi connectivity index (χ0) is 22.6. The zero-order valence-electron chi connectivity index (χ0n) is 18.5. The van der Waals surface area contributed by atoms with Crippen molar-refractivity contribution in [1.29, 1.82) is 0 Å². The second-order valence-corrected chi connectivity index (χ2v) is 10.7. The number of benzene rings is 1. The van der Waals surface area contributed by atoms with Gasteiger partial charge in [0.05, 0.1) is 21.5 Å². The minimum Gasteiger partial charge on any atom is -0.336 e. The number of nitrogens with zero attached hydrogens (tertiary/aromatic N) is 4. The van der Waals surface area contributed by atoms with Gasteiger partial charge >= 0.3 is 0 Å². The van der Waals surface area contributed by atoms with E-state index in [1.54, 1.807) is 17.9 Å². The highest BCUT2D eigenvalue weighted by molar-refractivity contribution is 7.89. The molecule has 0 atom stereocenters. The molecule has 1 saturated heterocycles. The molecule has 3 heterocycles. The number of fused-ring (bicyclic) bond motifs is 1. The molecule has 1 aliphatic carbocycles. The fourth-order valence-electron chi connectivity index (χ4n) is 4.40. The third kappa shape index (κ3) is 3.59. The average Bonchev–Trinajstić information content (AvgIpc) is 3.56. The Bertz CT molecular complexity index is 1320. The summed E-state index contributed by atoms with van der Waals surface area (Å²) in [5, 5.41) is 4.64. The quantitative estimate of drug-likeness (QED) is 0.601. The Kier molecular flexibility index (Phi) is 5.05. The van der Waals surface area contributed by atoms with Crippen LogP contribution in [0.2, 0.25) is 0 Å². The van der Waals surface area contributed by atoms with Crippen LogP contribution in [0.1, 0.15) is 51.6 Å². The van der Waals surface area contributed by atoms with Gasteiger partial charge in [-0.1, -0.05) is 22.9 Å². The van der Waals surface area contributed by atoms with Gasteiger partial charge in [-0.2, -0.15) is 4.31 Å². The number of rotatable bonds is 4. The lowest BCUT2D eigenvalue weighted by atomic mass is 10.1. The lowest BCUT2D eigenvalue weighted by Gasteiger charge is -2.34.